The van der Waals surface area contributed by atoms with Crippen LogP contribution in [0.2, 0.25) is 0 Å². The number of carbonyl (C=O) groups excluding carboxylic acids is 1. The fourth-order valence-corrected chi connectivity index (χ4v) is 1.53. The highest BCUT2D eigenvalue weighted by Gasteiger charge is 2.22. The van der Waals surface area contributed by atoms with E-state index in [-0.39, 0.29) is 5.84 Å². The van der Waals surface area contributed by atoms with Gasteiger partial charge in [-0.25, -0.2) is 4.79 Å². The molecule has 0 fully saturated rings. The summed E-state index contributed by atoms with van der Waals surface area (Å²) in [5, 5.41) is 7.27. The molecule has 20 heavy (non-hydrogen) atoms. The van der Waals surface area contributed by atoms with E-state index in [1.807, 2.05) is 32.9 Å². The van der Waals surface area contributed by atoms with Crippen molar-refractivity contribution >= 4 is 11.9 Å². The van der Waals surface area contributed by atoms with Gasteiger partial charge in [-0.15, -0.1) is 0 Å². The molecule has 1 rings (SSSR count). The van der Waals surface area contributed by atoms with E-state index in [4.69, 9.17) is 15.9 Å². The number of pyridine rings is 1. The fourth-order valence-electron chi connectivity index (χ4n) is 1.53. The van der Waals surface area contributed by atoms with Crippen molar-refractivity contribution in [2.75, 3.05) is 6.54 Å². The van der Waals surface area contributed by atoms with Gasteiger partial charge < -0.3 is 15.4 Å². The standard InChI is InChI=1S/C14H22N4O2/c1-14(2,3)20-13(19)18(8-6-12(15)16)10-11-5-4-7-17-9-11/h4-5,7,9H,6,8,10H2,1-3H3,(H3,15,16). The number of amidine groups is 1. The SMILES string of the molecule is CC(C)(C)OC(=O)N(CCC(=N)N)Cc1cccnc1. The van der Waals surface area contributed by atoms with Crippen LogP contribution in [-0.4, -0.2) is 34.0 Å². The van der Waals surface area contributed by atoms with Crippen molar-refractivity contribution in [2.45, 2.75) is 39.3 Å². The Morgan fingerprint density at radius 3 is 2.70 bits per heavy atom. The number of carbonyl (C=O) groups is 1. The molecule has 6 heteroatoms. The van der Waals surface area contributed by atoms with Crippen molar-refractivity contribution in [3.63, 3.8) is 0 Å². The third kappa shape index (κ3) is 6.17. The first-order chi connectivity index (χ1) is 9.28. The first-order valence-electron chi connectivity index (χ1n) is 6.47. The summed E-state index contributed by atoms with van der Waals surface area (Å²) in [4.78, 5) is 17.7. The maximum absolute atomic E-state index is 12.1. The van der Waals surface area contributed by atoms with Crippen molar-refractivity contribution in [1.82, 2.24) is 9.88 Å². The van der Waals surface area contributed by atoms with Gasteiger partial charge in [-0.1, -0.05) is 6.07 Å². The number of amides is 1. The maximum Gasteiger partial charge on any atom is 0.410 e. The molecule has 3 N–H and O–H groups in total. The van der Waals surface area contributed by atoms with Gasteiger partial charge in [0.05, 0.1) is 12.4 Å². The van der Waals surface area contributed by atoms with Crippen LogP contribution >= 0.6 is 0 Å². The number of nitrogens with two attached hydrogens (primary N) is 1. The van der Waals surface area contributed by atoms with E-state index in [2.05, 4.69) is 4.98 Å². The van der Waals surface area contributed by atoms with Crippen LogP contribution in [0.4, 0.5) is 4.79 Å². The zero-order chi connectivity index (χ0) is 15.2. The Bertz CT molecular complexity index is 454. The summed E-state index contributed by atoms with van der Waals surface area (Å²) in [7, 11) is 0. The number of hydrogen-bond acceptors (Lipinski definition) is 4. The highest BCUT2D eigenvalue weighted by atomic mass is 16.6. The monoisotopic (exact) mass is 278 g/mol. The maximum atomic E-state index is 12.1. The first kappa shape index (κ1) is 15.9. The lowest BCUT2D eigenvalue weighted by Crippen LogP contribution is -2.38. The summed E-state index contributed by atoms with van der Waals surface area (Å²) in [5.74, 6) is 0.0461. The molecule has 1 amide bonds. The third-order valence-electron chi connectivity index (χ3n) is 2.40. The van der Waals surface area contributed by atoms with Crippen LogP contribution < -0.4 is 5.73 Å². The van der Waals surface area contributed by atoms with Gasteiger partial charge in [-0.2, -0.15) is 0 Å². The van der Waals surface area contributed by atoms with E-state index in [0.29, 0.717) is 19.5 Å². The molecule has 110 valence electrons. The second-order valence-corrected chi connectivity index (χ2v) is 5.54. The Morgan fingerprint density at radius 2 is 2.20 bits per heavy atom. The number of rotatable bonds is 5. The molecule has 1 aromatic rings. The molecule has 0 saturated carbocycles. The topological polar surface area (TPSA) is 92.3 Å². The Hall–Kier alpha value is -2.11. The van der Waals surface area contributed by atoms with Crippen molar-refractivity contribution < 1.29 is 9.53 Å². The average Bonchev–Trinajstić information content (AvgIpc) is 2.33. The van der Waals surface area contributed by atoms with Crippen LogP contribution in [0.3, 0.4) is 0 Å². The van der Waals surface area contributed by atoms with Gasteiger partial charge in [-0.3, -0.25) is 10.4 Å². The van der Waals surface area contributed by atoms with Crippen LogP contribution in [0, 0.1) is 5.41 Å². The van der Waals surface area contributed by atoms with Crippen molar-refractivity contribution in [3.05, 3.63) is 30.1 Å². The number of nitrogens with zero attached hydrogens (tertiary/aromatic N) is 2. The molecule has 1 heterocycles. The van der Waals surface area contributed by atoms with Crippen LogP contribution in [0.1, 0.15) is 32.8 Å². The Morgan fingerprint density at radius 1 is 1.50 bits per heavy atom. The van der Waals surface area contributed by atoms with Gasteiger partial charge >= 0.3 is 6.09 Å². The largest absolute Gasteiger partial charge is 0.444 e. The number of ether oxygens (including phenoxy) is 1. The van der Waals surface area contributed by atoms with Crippen molar-refractivity contribution in [2.24, 2.45) is 5.73 Å². The number of nitrogens with one attached hydrogen (secondary N) is 1. The molecular formula is C14H22N4O2. The Kier molecular flexibility index (Phi) is 5.49. The zero-order valence-corrected chi connectivity index (χ0v) is 12.2. The molecule has 0 atom stereocenters. The minimum absolute atomic E-state index is 0.0461. The molecule has 0 radical (unpaired) electrons. The molecular weight excluding hydrogens is 256 g/mol. The van der Waals surface area contributed by atoms with E-state index in [0.717, 1.165) is 5.56 Å². The molecule has 0 aliphatic carbocycles. The summed E-state index contributed by atoms with van der Waals surface area (Å²) in [6.45, 7) is 6.18. The van der Waals surface area contributed by atoms with E-state index >= 15 is 0 Å². The van der Waals surface area contributed by atoms with E-state index in [9.17, 15) is 4.79 Å². The summed E-state index contributed by atoms with van der Waals surface area (Å²) in [6.07, 6.45) is 3.28. The molecule has 0 aliphatic rings. The highest BCUT2D eigenvalue weighted by molar-refractivity contribution is 5.77. The predicted octanol–water partition coefficient (Wildman–Crippen LogP) is 2.14. The second-order valence-electron chi connectivity index (χ2n) is 5.54. The van der Waals surface area contributed by atoms with Gasteiger partial charge in [0.2, 0.25) is 0 Å². The lowest BCUT2D eigenvalue weighted by Gasteiger charge is -2.27. The minimum atomic E-state index is -0.555. The minimum Gasteiger partial charge on any atom is -0.444 e. The first-order valence-corrected chi connectivity index (χ1v) is 6.47. The van der Waals surface area contributed by atoms with Crippen LogP contribution in [0.25, 0.3) is 0 Å². The zero-order valence-electron chi connectivity index (χ0n) is 12.2. The smallest absolute Gasteiger partial charge is 0.410 e. The molecule has 1 aromatic heterocycles. The number of aromatic nitrogens is 1. The second kappa shape index (κ2) is 6.88. The van der Waals surface area contributed by atoms with Gasteiger partial charge in [0.15, 0.2) is 0 Å². The van der Waals surface area contributed by atoms with Crippen LogP contribution in [-0.2, 0) is 11.3 Å². The predicted molar refractivity (Wildman–Crippen MR) is 77.4 cm³/mol. The fraction of sp³-hybridized carbons (Fsp3) is 0.500. The quantitative estimate of drug-likeness (QED) is 0.637. The Balaban J connectivity index is 2.74. The molecule has 0 saturated heterocycles. The lowest BCUT2D eigenvalue weighted by molar-refractivity contribution is 0.0239. The summed E-state index contributed by atoms with van der Waals surface area (Å²) in [5.41, 5.74) is 5.70. The highest BCUT2D eigenvalue weighted by Crippen LogP contribution is 2.12. The summed E-state index contributed by atoms with van der Waals surface area (Å²) >= 11 is 0. The van der Waals surface area contributed by atoms with Crippen molar-refractivity contribution in [1.29, 1.82) is 5.41 Å². The normalized spacial score (nSPS) is 10.9. The molecule has 0 aliphatic heterocycles. The van der Waals surface area contributed by atoms with Crippen LogP contribution in [0.5, 0.6) is 0 Å². The van der Waals surface area contributed by atoms with E-state index < -0.39 is 11.7 Å². The number of hydrogen-bond donors (Lipinski definition) is 2. The van der Waals surface area contributed by atoms with Gasteiger partial charge in [0, 0.05) is 25.4 Å². The Labute approximate surface area is 119 Å². The van der Waals surface area contributed by atoms with E-state index in [1.54, 1.807) is 12.4 Å². The summed E-state index contributed by atoms with van der Waals surface area (Å²) < 4.78 is 5.36. The third-order valence-corrected chi connectivity index (χ3v) is 2.40. The molecule has 0 unspecified atom stereocenters. The summed E-state index contributed by atoms with van der Waals surface area (Å²) in [6, 6.07) is 3.70. The van der Waals surface area contributed by atoms with Gasteiger partial charge in [0.25, 0.3) is 0 Å². The van der Waals surface area contributed by atoms with Gasteiger partial charge in [-0.05, 0) is 32.4 Å². The molecule has 0 spiro atoms. The van der Waals surface area contributed by atoms with Gasteiger partial charge in [0.1, 0.15) is 5.60 Å². The average molecular weight is 278 g/mol. The molecule has 0 aromatic carbocycles. The molecule has 6 nitrogen and oxygen atoms in total. The van der Waals surface area contributed by atoms with E-state index in [1.165, 1.54) is 4.90 Å². The lowest BCUT2D eigenvalue weighted by atomic mass is 10.2. The van der Waals surface area contributed by atoms with Crippen LogP contribution in [0.15, 0.2) is 24.5 Å². The molecule has 0 bridgehead atoms. The van der Waals surface area contributed by atoms with Crippen molar-refractivity contribution in [3.8, 4) is 0 Å².